The zero-order valence-corrected chi connectivity index (χ0v) is 11.5. The molecule has 0 radical (unpaired) electrons. The Morgan fingerprint density at radius 2 is 2.00 bits per heavy atom. The highest BCUT2D eigenvalue weighted by Crippen LogP contribution is 2.11. The van der Waals surface area contributed by atoms with Crippen LogP contribution in [-0.2, 0) is 9.59 Å². The normalized spacial score (nSPS) is 12.6. The summed E-state index contributed by atoms with van der Waals surface area (Å²) in [7, 11) is 0. The lowest BCUT2D eigenvalue weighted by molar-refractivity contribution is -0.121. The third-order valence-electron chi connectivity index (χ3n) is 2.34. The Labute approximate surface area is 112 Å². The maximum absolute atomic E-state index is 12.5. The van der Waals surface area contributed by atoms with E-state index in [9.17, 15) is 13.5 Å². The number of nitrogens with two attached hydrogens (primary N) is 1. The lowest BCUT2D eigenvalue weighted by atomic mass is 10.1. The van der Waals surface area contributed by atoms with Gasteiger partial charge in [0.15, 0.2) is 0 Å². The molecule has 18 heavy (non-hydrogen) atoms. The fourth-order valence-corrected chi connectivity index (χ4v) is 1.72. The molecule has 0 heterocycles. The number of amides is 2. The Bertz CT molecular complexity index is 285. The van der Waals surface area contributed by atoms with E-state index >= 15 is 0 Å². The van der Waals surface area contributed by atoms with Crippen molar-refractivity contribution in [2.75, 3.05) is 0 Å². The van der Waals surface area contributed by atoms with Crippen LogP contribution in [-0.4, -0.2) is 17.2 Å². The van der Waals surface area contributed by atoms with Gasteiger partial charge in [0.1, 0.15) is 5.37 Å². The highest BCUT2D eigenvalue weighted by molar-refractivity contribution is 7.95. The number of primary amides is 1. The fourth-order valence-electron chi connectivity index (χ4n) is 1.40. The van der Waals surface area contributed by atoms with Gasteiger partial charge in [0.05, 0.1) is 12.1 Å². The number of hydrogen-bond donors (Lipinski definition) is 2. The van der Waals surface area contributed by atoms with E-state index in [4.69, 9.17) is 5.73 Å². The van der Waals surface area contributed by atoms with Gasteiger partial charge in [-0.05, 0) is 12.5 Å². The summed E-state index contributed by atoms with van der Waals surface area (Å²) >= 11 is -0.0390. The average Bonchev–Trinajstić information content (AvgIpc) is 2.34. The molecule has 0 aromatic carbocycles. The van der Waals surface area contributed by atoms with E-state index in [1.54, 1.807) is 0 Å². The minimum absolute atomic E-state index is 0.0390. The van der Waals surface area contributed by atoms with Crippen molar-refractivity contribution in [2.45, 2.75) is 50.8 Å². The topological polar surface area (TPSA) is 72.2 Å². The highest BCUT2D eigenvalue weighted by Gasteiger charge is 2.09. The third-order valence-corrected chi connectivity index (χ3v) is 2.81. The van der Waals surface area contributed by atoms with Crippen LogP contribution >= 0.6 is 12.1 Å². The van der Waals surface area contributed by atoms with Crippen LogP contribution < -0.4 is 11.1 Å². The van der Waals surface area contributed by atoms with E-state index in [-0.39, 0.29) is 18.1 Å². The minimum atomic E-state index is -0.847. The summed E-state index contributed by atoms with van der Waals surface area (Å²) in [6, 6.07) is 0. The highest BCUT2D eigenvalue weighted by atomic mass is 32.2. The molecule has 0 rings (SSSR count). The van der Waals surface area contributed by atoms with Crippen LogP contribution in [0, 0.1) is 0 Å². The zero-order valence-electron chi connectivity index (χ0n) is 10.7. The van der Waals surface area contributed by atoms with Crippen LogP contribution in [0.15, 0.2) is 12.2 Å². The predicted octanol–water partition coefficient (Wildman–Crippen LogP) is 2.45. The molecule has 1 unspecified atom stereocenters. The molecule has 0 aliphatic rings. The Morgan fingerprint density at radius 1 is 1.33 bits per heavy atom. The molecule has 0 saturated carbocycles. The van der Waals surface area contributed by atoms with Gasteiger partial charge in [-0.25, -0.2) is 0 Å². The standard InChI is InChI=1S/C12H21FN2O2S/c1-2-3-4-5-6-7-11(17)15-12(18-13)9-8-10(14)16/h8-9,12H,2-7H2,1H3,(H2,14,16)(H,15,17)/b9-8+. The summed E-state index contributed by atoms with van der Waals surface area (Å²) in [6.45, 7) is 2.13. The molecule has 104 valence electrons. The van der Waals surface area contributed by atoms with Crippen LogP contribution in [0.1, 0.15) is 45.4 Å². The van der Waals surface area contributed by atoms with E-state index < -0.39 is 11.3 Å². The van der Waals surface area contributed by atoms with Gasteiger partial charge in [-0.3, -0.25) is 9.59 Å². The molecule has 0 saturated heterocycles. The molecule has 1 atom stereocenters. The molecule has 0 aromatic rings. The maximum Gasteiger partial charge on any atom is 0.241 e. The number of rotatable bonds is 10. The summed E-state index contributed by atoms with van der Waals surface area (Å²) in [6.07, 6.45) is 7.91. The van der Waals surface area contributed by atoms with Crippen LogP contribution in [0.4, 0.5) is 3.89 Å². The smallest absolute Gasteiger partial charge is 0.241 e. The van der Waals surface area contributed by atoms with E-state index in [0.717, 1.165) is 31.8 Å². The Hall–Kier alpha value is -1.04. The summed E-state index contributed by atoms with van der Waals surface area (Å²) in [5.41, 5.74) is 4.88. The largest absolute Gasteiger partial charge is 0.366 e. The molecule has 3 N–H and O–H groups in total. The van der Waals surface area contributed by atoms with Gasteiger partial charge in [-0.1, -0.05) is 32.6 Å². The van der Waals surface area contributed by atoms with Crippen LogP contribution in [0.3, 0.4) is 0 Å². The Balaban J connectivity index is 3.79. The first-order valence-electron chi connectivity index (χ1n) is 6.14. The number of hydrogen-bond acceptors (Lipinski definition) is 3. The molecule has 0 fully saturated rings. The van der Waals surface area contributed by atoms with Gasteiger partial charge in [0, 0.05) is 12.5 Å². The van der Waals surface area contributed by atoms with Crippen LogP contribution in [0.5, 0.6) is 0 Å². The van der Waals surface area contributed by atoms with Crippen molar-refractivity contribution >= 4 is 24.0 Å². The van der Waals surface area contributed by atoms with Crippen molar-refractivity contribution in [3.8, 4) is 0 Å². The van der Waals surface area contributed by atoms with Crippen molar-refractivity contribution in [2.24, 2.45) is 5.73 Å². The molecule has 4 nitrogen and oxygen atoms in total. The summed E-state index contributed by atoms with van der Waals surface area (Å²) in [5.74, 6) is -0.876. The lowest BCUT2D eigenvalue weighted by Crippen LogP contribution is -2.30. The summed E-state index contributed by atoms with van der Waals surface area (Å²) in [5, 5.41) is 1.62. The quantitative estimate of drug-likeness (QED) is 0.366. The van der Waals surface area contributed by atoms with Crippen molar-refractivity contribution in [3.05, 3.63) is 12.2 Å². The minimum Gasteiger partial charge on any atom is -0.366 e. The van der Waals surface area contributed by atoms with Crippen molar-refractivity contribution < 1.29 is 13.5 Å². The van der Waals surface area contributed by atoms with E-state index in [0.29, 0.717) is 6.42 Å². The Morgan fingerprint density at radius 3 is 2.56 bits per heavy atom. The molecular formula is C12H21FN2O2S. The lowest BCUT2D eigenvalue weighted by Gasteiger charge is -2.09. The number of nitrogens with one attached hydrogen (secondary N) is 1. The van der Waals surface area contributed by atoms with Crippen molar-refractivity contribution in [1.82, 2.24) is 5.32 Å². The summed E-state index contributed by atoms with van der Waals surface area (Å²) < 4.78 is 12.5. The number of halogens is 1. The molecule has 0 spiro atoms. The first kappa shape index (κ1) is 17.0. The Kier molecular flexibility index (Phi) is 10.4. The van der Waals surface area contributed by atoms with Crippen molar-refractivity contribution in [3.63, 3.8) is 0 Å². The monoisotopic (exact) mass is 276 g/mol. The molecule has 0 aliphatic heterocycles. The van der Waals surface area contributed by atoms with Gasteiger partial charge < -0.3 is 11.1 Å². The fraction of sp³-hybridized carbons (Fsp3) is 0.667. The van der Waals surface area contributed by atoms with Gasteiger partial charge >= 0.3 is 0 Å². The molecule has 0 aliphatic carbocycles. The second-order valence-electron chi connectivity index (χ2n) is 4.00. The molecule has 0 bridgehead atoms. The summed E-state index contributed by atoms with van der Waals surface area (Å²) in [4.78, 5) is 21.9. The van der Waals surface area contributed by atoms with E-state index in [2.05, 4.69) is 12.2 Å². The third kappa shape index (κ3) is 10.1. The van der Waals surface area contributed by atoms with Gasteiger partial charge in [0.2, 0.25) is 11.8 Å². The molecular weight excluding hydrogens is 255 g/mol. The number of carbonyl (C=O) groups excluding carboxylic acids is 2. The first-order chi connectivity index (χ1) is 8.60. The maximum atomic E-state index is 12.5. The number of carbonyl (C=O) groups is 2. The molecule has 2 amide bonds. The zero-order chi connectivity index (χ0) is 13.8. The van der Waals surface area contributed by atoms with E-state index in [1.165, 1.54) is 12.5 Å². The first-order valence-corrected chi connectivity index (χ1v) is 6.92. The van der Waals surface area contributed by atoms with Gasteiger partial charge in [-0.2, -0.15) is 3.89 Å². The second-order valence-corrected chi connectivity index (χ2v) is 4.69. The SMILES string of the molecule is CCCCCCCC(=O)NC(/C=C/C(N)=O)SF. The number of unbranched alkanes of at least 4 members (excludes halogenated alkanes) is 4. The van der Waals surface area contributed by atoms with E-state index in [1.807, 2.05) is 0 Å². The van der Waals surface area contributed by atoms with Crippen LogP contribution in [0.25, 0.3) is 0 Å². The van der Waals surface area contributed by atoms with Gasteiger partial charge in [-0.15, -0.1) is 0 Å². The van der Waals surface area contributed by atoms with Crippen LogP contribution in [0.2, 0.25) is 0 Å². The molecule has 6 heteroatoms. The second kappa shape index (κ2) is 11.1. The predicted molar refractivity (Wildman–Crippen MR) is 72.3 cm³/mol. The van der Waals surface area contributed by atoms with Gasteiger partial charge in [0.25, 0.3) is 0 Å². The average molecular weight is 276 g/mol. The van der Waals surface area contributed by atoms with Crippen molar-refractivity contribution in [1.29, 1.82) is 0 Å². The molecule has 0 aromatic heterocycles.